The molecule has 1 aromatic carbocycles. The molecule has 2 rings (SSSR count). The summed E-state index contributed by atoms with van der Waals surface area (Å²) in [7, 11) is -4.61. The van der Waals surface area contributed by atoms with Gasteiger partial charge in [0, 0.05) is 0 Å². The van der Waals surface area contributed by atoms with Crippen LogP contribution < -0.4 is 4.90 Å². The second-order valence-corrected chi connectivity index (χ2v) is 5.58. The summed E-state index contributed by atoms with van der Waals surface area (Å²) < 4.78 is 33.2. The van der Waals surface area contributed by atoms with Crippen molar-refractivity contribution in [1.29, 1.82) is 0 Å². The minimum absolute atomic E-state index is 0.0291. The molecule has 1 fully saturated rings. The molecule has 9 heteroatoms. The second-order valence-electron chi connectivity index (χ2n) is 4.34. The number of halogens is 1. The lowest BCUT2D eigenvalue weighted by atomic mass is 10.2. The van der Waals surface area contributed by atoms with Crippen molar-refractivity contribution in [1.82, 2.24) is 0 Å². The molecule has 1 aliphatic heterocycles. The van der Waals surface area contributed by atoms with Gasteiger partial charge in [-0.15, -0.1) is 12.8 Å². The number of anilines is 1. The third-order valence-corrected chi connectivity index (χ3v) is 3.26. The first-order valence-corrected chi connectivity index (χ1v) is 8.57. The summed E-state index contributed by atoms with van der Waals surface area (Å²) >= 11 is 0. The molecule has 0 radical (unpaired) electrons. The van der Waals surface area contributed by atoms with Gasteiger partial charge in [-0.1, -0.05) is 19.9 Å². The molecule has 7 nitrogen and oxygen atoms in total. The molecule has 134 valence electrons. The van der Waals surface area contributed by atoms with Crippen LogP contribution in [0.15, 0.2) is 18.2 Å². The molecule has 1 aliphatic rings. The van der Waals surface area contributed by atoms with E-state index in [1.807, 2.05) is 13.8 Å². The lowest BCUT2D eigenvalue weighted by molar-refractivity contribution is 0.0880. The number of aryl methyl sites for hydroxylation is 1. The van der Waals surface area contributed by atoms with Crippen molar-refractivity contribution in [3.05, 3.63) is 29.6 Å². The first-order valence-electron chi connectivity index (χ1n) is 7.04. The molecule has 1 atom stereocenters. The summed E-state index contributed by atoms with van der Waals surface area (Å²) in [4.78, 5) is 30.0. The maximum atomic E-state index is 13.5. The highest BCUT2D eigenvalue weighted by Gasteiger charge is 2.34. The molecule has 2 N–H and O–H groups in total. The van der Waals surface area contributed by atoms with Gasteiger partial charge in [-0.05, 0) is 24.6 Å². The summed E-state index contributed by atoms with van der Waals surface area (Å²) in [5, 5.41) is 0. The fourth-order valence-corrected chi connectivity index (χ4v) is 2.11. The highest BCUT2D eigenvalue weighted by Crippen LogP contribution is 2.36. The average molecular weight is 361 g/mol. The summed E-state index contributed by atoms with van der Waals surface area (Å²) in [6.07, 6.45) is 6.46. The second kappa shape index (κ2) is 10.1. The molecule has 1 saturated heterocycles. The molecular weight excluding hydrogens is 340 g/mol. The topological polar surface area (TPSA) is 96.3 Å². The fraction of sp³-hybridized carbons (Fsp3) is 0.400. The standard InChI is InChI=1S/C11H13FNO6P.C2H6.C2H2/c1-7-2-3-8(4-10(7)12)13-5-9(19-11(13)14)6-18-20(15,16)17;2*1-2/h2-4,9H,5-6H2,1H3,(H2,15,16,17);1-2H3;1-2H/t9-;;/m1../s1. The molecule has 1 heterocycles. The normalized spacial score (nSPS) is 16.4. The van der Waals surface area contributed by atoms with Crippen molar-refractivity contribution in [3.63, 3.8) is 0 Å². The van der Waals surface area contributed by atoms with Gasteiger partial charge in [-0.3, -0.25) is 9.42 Å². The highest BCUT2D eigenvalue weighted by molar-refractivity contribution is 7.46. The van der Waals surface area contributed by atoms with Crippen molar-refractivity contribution in [2.24, 2.45) is 0 Å². The minimum Gasteiger partial charge on any atom is -0.441 e. The number of carbonyl (C=O) groups is 1. The largest absolute Gasteiger partial charge is 0.469 e. The van der Waals surface area contributed by atoms with Crippen molar-refractivity contribution in [2.75, 3.05) is 18.1 Å². The Morgan fingerprint density at radius 2 is 2.00 bits per heavy atom. The van der Waals surface area contributed by atoms with E-state index in [2.05, 4.69) is 17.4 Å². The Morgan fingerprint density at radius 3 is 2.50 bits per heavy atom. The highest BCUT2D eigenvalue weighted by atomic mass is 31.2. The van der Waals surface area contributed by atoms with E-state index in [1.54, 1.807) is 13.0 Å². The van der Waals surface area contributed by atoms with Gasteiger partial charge in [0.15, 0.2) is 0 Å². The van der Waals surface area contributed by atoms with Gasteiger partial charge < -0.3 is 14.5 Å². The van der Waals surface area contributed by atoms with Crippen molar-refractivity contribution >= 4 is 19.6 Å². The van der Waals surface area contributed by atoms with Crippen molar-refractivity contribution in [2.45, 2.75) is 26.9 Å². The van der Waals surface area contributed by atoms with Crippen LogP contribution in [-0.2, 0) is 13.8 Å². The third-order valence-electron chi connectivity index (χ3n) is 2.77. The maximum Gasteiger partial charge on any atom is 0.469 e. The first kappa shape index (κ1) is 22.1. The quantitative estimate of drug-likeness (QED) is 0.632. The number of ether oxygens (including phenoxy) is 1. The molecule has 24 heavy (non-hydrogen) atoms. The Balaban J connectivity index is 0.00000123. The maximum absolute atomic E-state index is 13.5. The molecule has 0 saturated carbocycles. The number of benzene rings is 1. The molecule has 0 aromatic heterocycles. The number of amides is 1. The van der Waals surface area contributed by atoms with E-state index in [9.17, 15) is 13.8 Å². The van der Waals surface area contributed by atoms with Crippen LogP contribution in [0.1, 0.15) is 19.4 Å². The lowest BCUT2D eigenvalue weighted by Crippen LogP contribution is -2.25. The van der Waals surface area contributed by atoms with Crippen LogP contribution in [0.25, 0.3) is 0 Å². The molecular formula is C15H21FNO6P. The molecule has 0 aliphatic carbocycles. The first-order chi connectivity index (χ1) is 11.3. The minimum atomic E-state index is -4.61. The molecule has 0 unspecified atom stereocenters. The van der Waals surface area contributed by atoms with Gasteiger partial charge in [0.2, 0.25) is 0 Å². The van der Waals surface area contributed by atoms with Gasteiger partial charge in [-0.25, -0.2) is 13.8 Å². The number of nitrogens with zero attached hydrogens (tertiary/aromatic N) is 1. The van der Waals surface area contributed by atoms with E-state index in [0.717, 1.165) is 0 Å². The van der Waals surface area contributed by atoms with Crippen LogP contribution in [0, 0.1) is 25.6 Å². The van der Waals surface area contributed by atoms with Crippen LogP contribution >= 0.6 is 7.82 Å². The van der Waals surface area contributed by atoms with E-state index >= 15 is 0 Å². The van der Waals surface area contributed by atoms with E-state index in [-0.39, 0.29) is 6.54 Å². The molecule has 1 aromatic rings. The number of rotatable bonds is 4. The lowest BCUT2D eigenvalue weighted by Gasteiger charge is -2.13. The Morgan fingerprint density at radius 1 is 1.42 bits per heavy atom. The van der Waals surface area contributed by atoms with E-state index in [0.29, 0.717) is 11.3 Å². The van der Waals surface area contributed by atoms with Crippen LogP contribution in [0.5, 0.6) is 0 Å². The number of phosphoric ester groups is 1. The predicted molar refractivity (Wildman–Crippen MR) is 88.0 cm³/mol. The van der Waals surface area contributed by atoms with Crippen LogP contribution in [0.3, 0.4) is 0 Å². The Hall–Kier alpha value is -1.91. The van der Waals surface area contributed by atoms with Crippen molar-refractivity contribution in [3.8, 4) is 12.8 Å². The van der Waals surface area contributed by atoms with Crippen LogP contribution in [0.4, 0.5) is 14.9 Å². The fourth-order valence-electron chi connectivity index (χ4n) is 1.75. The monoisotopic (exact) mass is 361 g/mol. The zero-order valence-electron chi connectivity index (χ0n) is 13.7. The molecule has 0 spiro atoms. The van der Waals surface area contributed by atoms with Crippen LogP contribution in [0.2, 0.25) is 0 Å². The van der Waals surface area contributed by atoms with Gasteiger partial charge in [0.25, 0.3) is 0 Å². The third kappa shape index (κ3) is 6.69. The Labute approximate surface area is 140 Å². The SMILES string of the molecule is C#C.CC.Cc1ccc(N2C[C@H](COP(=O)(O)O)OC2=O)cc1F. The summed E-state index contributed by atoms with van der Waals surface area (Å²) in [5.74, 6) is -0.454. The smallest absolute Gasteiger partial charge is 0.441 e. The summed E-state index contributed by atoms with van der Waals surface area (Å²) in [6, 6.07) is 4.28. The number of cyclic esters (lactones) is 1. The number of carbonyl (C=O) groups excluding carboxylic acids is 1. The van der Waals surface area contributed by atoms with Gasteiger partial charge in [-0.2, -0.15) is 0 Å². The van der Waals surface area contributed by atoms with E-state index in [1.165, 1.54) is 17.0 Å². The number of hydrogen-bond acceptors (Lipinski definition) is 4. The van der Waals surface area contributed by atoms with E-state index < -0.39 is 32.4 Å². The average Bonchev–Trinajstić information content (AvgIpc) is 2.92. The predicted octanol–water partition coefficient (Wildman–Crippen LogP) is 2.84. The number of hydrogen-bond donors (Lipinski definition) is 2. The summed E-state index contributed by atoms with van der Waals surface area (Å²) in [6.45, 7) is 5.19. The Bertz CT molecular complexity index is 615. The number of terminal acetylenes is 1. The Kier molecular flexibility index (Phi) is 9.26. The van der Waals surface area contributed by atoms with Gasteiger partial charge >= 0.3 is 13.9 Å². The van der Waals surface area contributed by atoms with Gasteiger partial charge in [0.1, 0.15) is 11.9 Å². The van der Waals surface area contributed by atoms with E-state index in [4.69, 9.17) is 14.5 Å². The zero-order valence-corrected chi connectivity index (χ0v) is 14.6. The van der Waals surface area contributed by atoms with Crippen LogP contribution in [-0.4, -0.2) is 35.1 Å². The zero-order chi connectivity index (χ0) is 18.9. The van der Waals surface area contributed by atoms with Crippen molar-refractivity contribution < 1.29 is 32.8 Å². The van der Waals surface area contributed by atoms with Gasteiger partial charge in [0.05, 0.1) is 18.8 Å². The number of phosphoric acid groups is 1. The summed E-state index contributed by atoms with van der Waals surface area (Å²) in [5.41, 5.74) is 0.763. The molecule has 0 bridgehead atoms. The molecule has 1 amide bonds.